The zero-order valence-electron chi connectivity index (χ0n) is 15.5. The van der Waals surface area contributed by atoms with Gasteiger partial charge in [0.05, 0.1) is 19.1 Å². The highest BCUT2D eigenvalue weighted by Crippen LogP contribution is 2.21. The van der Waals surface area contributed by atoms with Gasteiger partial charge in [0.15, 0.2) is 5.88 Å². The van der Waals surface area contributed by atoms with Gasteiger partial charge in [-0.2, -0.15) is 5.10 Å². The van der Waals surface area contributed by atoms with Crippen LogP contribution in [0, 0.1) is 0 Å². The van der Waals surface area contributed by atoms with E-state index >= 15 is 0 Å². The number of carbonyl (C=O) groups excluding carboxylic acids is 1. The molecule has 0 unspecified atom stereocenters. The first kappa shape index (κ1) is 19.4. The van der Waals surface area contributed by atoms with Gasteiger partial charge in [0.1, 0.15) is 11.5 Å². The van der Waals surface area contributed by atoms with Gasteiger partial charge < -0.3 is 14.1 Å². The standard InChI is InChI=1S/C20H25N3O3S/c1-25-17-7-5-16(6-8-17)14-27-15-19(24)22-21-13-18-9-10-20(26-18)23-11-3-2-4-12-23/h5-10,13H,2-4,11-12,14-15H2,1H3,(H,22,24)/b21-13-. The van der Waals surface area contributed by atoms with Crippen LogP contribution in [0.25, 0.3) is 0 Å². The highest BCUT2D eigenvalue weighted by molar-refractivity contribution is 7.99. The van der Waals surface area contributed by atoms with Crippen molar-refractivity contribution in [1.29, 1.82) is 0 Å². The van der Waals surface area contributed by atoms with Crippen LogP contribution in [0.3, 0.4) is 0 Å². The van der Waals surface area contributed by atoms with Gasteiger partial charge in [-0.25, -0.2) is 5.43 Å². The number of amides is 1. The number of nitrogens with one attached hydrogen (secondary N) is 1. The van der Waals surface area contributed by atoms with E-state index in [-0.39, 0.29) is 5.91 Å². The molecule has 1 aromatic heterocycles. The molecule has 7 heteroatoms. The van der Waals surface area contributed by atoms with E-state index in [1.54, 1.807) is 25.1 Å². The molecule has 2 heterocycles. The van der Waals surface area contributed by atoms with E-state index in [1.165, 1.54) is 19.3 Å². The van der Waals surface area contributed by atoms with Gasteiger partial charge in [-0.15, -0.1) is 11.8 Å². The Morgan fingerprint density at radius 1 is 1.22 bits per heavy atom. The maximum absolute atomic E-state index is 11.9. The van der Waals surface area contributed by atoms with Crippen molar-refractivity contribution in [2.45, 2.75) is 25.0 Å². The average molecular weight is 388 g/mol. The largest absolute Gasteiger partial charge is 0.497 e. The Kier molecular flexibility index (Phi) is 7.21. The smallest absolute Gasteiger partial charge is 0.250 e. The monoisotopic (exact) mass is 387 g/mol. The number of methoxy groups -OCH3 is 1. The van der Waals surface area contributed by atoms with Gasteiger partial charge in [-0.1, -0.05) is 12.1 Å². The van der Waals surface area contributed by atoms with Crippen LogP contribution in [0.15, 0.2) is 45.9 Å². The fourth-order valence-electron chi connectivity index (χ4n) is 2.88. The SMILES string of the molecule is COc1ccc(CSCC(=O)N/N=C\c2ccc(N3CCCCC3)o2)cc1. The highest BCUT2D eigenvalue weighted by atomic mass is 32.2. The molecule has 0 saturated carbocycles. The number of hydrazone groups is 1. The number of rotatable bonds is 8. The van der Waals surface area contributed by atoms with Crippen LogP contribution < -0.4 is 15.1 Å². The number of carbonyl (C=O) groups is 1. The second-order valence-electron chi connectivity index (χ2n) is 6.36. The lowest BCUT2D eigenvalue weighted by atomic mass is 10.1. The van der Waals surface area contributed by atoms with E-state index in [0.29, 0.717) is 11.5 Å². The first-order valence-electron chi connectivity index (χ1n) is 9.12. The molecule has 2 aromatic rings. The summed E-state index contributed by atoms with van der Waals surface area (Å²) < 4.78 is 10.9. The van der Waals surface area contributed by atoms with Crippen molar-refractivity contribution in [1.82, 2.24) is 5.43 Å². The number of ether oxygens (including phenoxy) is 1. The number of benzene rings is 1. The molecular formula is C20H25N3O3S. The molecule has 1 amide bonds. The molecule has 1 aliphatic heterocycles. The van der Waals surface area contributed by atoms with Crippen molar-refractivity contribution in [3.05, 3.63) is 47.7 Å². The predicted molar refractivity (Wildman–Crippen MR) is 110 cm³/mol. The Morgan fingerprint density at radius 3 is 2.74 bits per heavy atom. The molecule has 3 rings (SSSR count). The summed E-state index contributed by atoms with van der Waals surface area (Å²) in [6.07, 6.45) is 5.23. The van der Waals surface area contributed by atoms with Crippen LogP contribution in [0.1, 0.15) is 30.6 Å². The molecule has 144 valence electrons. The van der Waals surface area contributed by atoms with Gasteiger partial charge in [0.2, 0.25) is 5.91 Å². The minimum atomic E-state index is -0.132. The minimum Gasteiger partial charge on any atom is -0.497 e. The van der Waals surface area contributed by atoms with Crippen molar-refractivity contribution in [2.75, 3.05) is 30.9 Å². The third kappa shape index (κ3) is 6.06. The summed E-state index contributed by atoms with van der Waals surface area (Å²) in [5.74, 6) is 3.32. The number of hydrogen-bond donors (Lipinski definition) is 1. The molecule has 0 aliphatic carbocycles. The Labute approximate surface area is 163 Å². The molecule has 6 nitrogen and oxygen atoms in total. The average Bonchev–Trinajstić information content (AvgIpc) is 3.18. The van der Waals surface area contributed by atoms with Gasteiger partial charge >= 0.3 is 0 Å². The highest BCUT2D eigenvalue weighted by Gasteiger charge is 2.13. The van der Waals surface area contributed by atoms with Crippen molar-refractivity contribution in [3.8, 4) is 5.75 Å². The van der Waals surface area contributed by atoms with E-state index in [2.05, 4.69) is 15.4 Å². The number of hydrogen-bond acceptors (Lipinski definition) is 6. The second kappa shape index (κ2) is 10.1. The van der Waals surface area contributed by atoms with Gasteiger partial charge in [0.25, 0.3) is 0 Å². The van der Waals surface area contributed by atoms with Crippen molar-refractivity contribution >= 4 is 29.8 Å². The lowest BCUT2D eigenvalue weighted by Crippen LogP contribution is -2.28. The number of furan rings is 1. The number of anilines is 1. The third-order valence-electron chi connectivity index (χ3n) is 4.32. The van der Waals surface area contributed by atoms with Crippen LogP contribution in [-0.4, -0.2) is 38.1 Å². The van der Waals surface area contributed by atoms with E-state index in [9.17, 15) is 4.79 Å². The Morgan fingerprint density at radius 2 is 2.00 bits per heavy atom. The van der Waals surface area contributed by atoms with Crippen LogP contribution in [0.5, 0.6) is 5.75 Å². The fraction of sp³-hybridized carbons (Fsp3) is 0.400. The summed E-state index contributed by atoms with van der Waals surface area (Å²) in [5, 5.41) is 3.98. The van der Waals surface area contributed by atoms with E-state index in [1.807, 2.05) is 36.4 Å². The molecular weight excluding hydrogens is 362 g/mol. The second-order valence-corrected chi connectivity index (χ2v) is 7.34. The van der Waals surface area contributed by atoms with Crippen molar-refractivity contribution in [2.24, 2.45) is 5.10 Å². The molecule has 1 fully saturated rings. The van der Waals surface area contributed by atoms with E-state index in [4.69, 9.17) is 9.15 Å². The predicted octanol–water partition coefficient (Wildman–Crippen LogP) is 3.66. The van der Waals surface area contributed by atoms with Crippen LogP contribution in [0.4, 0.5) is 5.88 Å². The minimum absolute atomic E-state index is 0.132. The summed E-state index contributed by atoms with van der Waals surface area (Å²) in [6, 6.07) is 11.7. The van der Waals surface area contributed by atoms with Crippen molar-refractivity contribution < 1.29 is 13.9 Å². The maximum Gasteiger partial charge on any atom is 0.250 e. The lowest BCUT2D eigenvalue weighted by Gasteiger charge is -2.25. The van der Waals surface area contributed by atoms with Crippen molar-refractivity contribution in [3.63, 3.8) is 0 Å². The normalized spacial score (nSPS) is 14.5. The zero-order chi connectivity index (χ0) is 18.9. The third-order valence-corrected chi connectivity index (χ3v) is 5.33. The van der Waals surface area contributed by atoms with E-state index < -0.39 is 0 Å². The molecule has 0 radical (unpaired) electrons. The van der Waals surface area contributed by atoms with Gasteiger partial charge in [-0.05, 0) is 43.0 Å². The molecule has 0 spiro atoms. The summed E-state index contributed by atoms with van der Waals surface area (Å²) in [6.45, 7) is 2.07. The molecule has 1 N–H and O–H groups in total. The molecule has 1 aliphatic rings. The maximum atomic E-state index is 11.9. The Bertz CT molecular complexity index is 752. The Balaban J connectivity index is 1.37. The summed E-state index contributed by atoms with van der Waals surface area (Å²) in [5.41, 5.74) is 3.69. The number of piperidine rings is 1. The van der Waals surface area contributed by atoms with Crippen LogP contribution >= 0.6 is 11.8 Å². The quantitative estimate of drug-likeness (QED) is 0.553. The zero-order valence-corrected chi connectivity index (χ0v) is 16.3. The number of nitrogens with zero attached hydrogens (tertiary/aromatic N) is 2. The van der Waals surface area contributed by atoms with Crippen LogP contribution in [0.2, 0.25) is 0 Å². The van der Waals surface area contributed by atoms with Gasteiger partial charge in [-0.3, -0.25) is 4.79 Å². The lowest BCUT2D eigenvalue weighted by molar-refractivity contribution is -0.118. The summed E-state index contributed by atoms with van der Waals surface area (Å²) in [7, 11) is 1.64. The fourth-order valence-corrected chi connectivity index (χ4v) is 3.66. The van der Waals surface area contributed by atoms with Gasteiger partial charge in [0, 0.05) is 24.9 Å². The summed E-state index contributed by atoms with van der Waals surface area (Å²) >= 11 is 1.54. The molecule has 0 bridgehead atoms. The first-order chi connectivity index (χ1) is 13.2. The first-order valence-corrected chi connectivity index (χ1v) is 10.3. The Hall–Kier alpha value is -2.41. The molecule has 27 heavy (non-hydrogen) atoms. The topological polar surface area (TPSA) is 67.1 Å². The van der Waals surface area contributed by atoms with Crippen LogP contribution in [-0.2, 0) is 10.5 Å². The molecule has 1 aromatic carbocycles. The number of thioether (sulfide) groups is 1. The molecule has 1 saturated heterocycles. The van der Waals surface area contributed by atoms with E-state index in [0.717, 1.165) is 36.0 Å². The summed E-state index contributed by atoms with van der Waals surface area (Å²) in [4.78, 5) is 14.1. The molecule has 0 atom stereocenters.